The topological polar surface area (TPSA) is 99.4 Å². The maximum atomic E-state index is 9.92. The van der Waals surface area contributed by atoms with Crippen LogP contribution in [0.15, 0.2) is 24.3 Å². The molecule has 1 aliphatic heterocycles. The Morgan fingerprint density at radius 1 is 1.14 bits per heavy atom. The minimum Gasteiger partial charge on any atom is -0.462 e. The summed E-state index contributed by atoms with van der Waals surface area (Å²) in [5.74, 6) is 0.814. The molecule has 5 atom stereocenters. The van der Waals surface area contributed by atoms with Crippen molar-refractivity contribution in [3.63, 3.8) is 0 Å². The predicted octanol–water partition coefficient (Wildman–Crippen LogP) is -0.0113. The molecule has 0 aromatic heterocycles. The maximum absolute atomic E-state index is 9.92. The lowest BCUT2D eigenvalue weighted by atomic mass is 9.99. The summed E-state index contributed by atoms with van der Waals surface area (Å²) in [5, 5.41) is 38.5. The second kappa shape index (κ2) is 6.72. The average Bonchev–Trinajstić information content (AvgIpc) is 2.48. The van der Waals surface area contributed by atoms with Gasteiger partial charge in [0.1, 0.15) is 30.2 Å². The Bertz CT molecular complexity index is 461. The van der Waals surface area contributed by atoms with Gasteiger partial charge in [0.25, 0.3) is 0 Å². The van der Waals surface area contributed by atoms with Crippen LogP contribution in [0.4, 0.5) is 0 Å². The summed E-state index contributed by atoms with van der Waals surface area (Å²) in [6, 6.07) is 7.33. The first-order chi connectivity index (χ1) is 9.93. The van der Waals surface area contributed by atoms with Crippen molar-refractivity contribution < 1.29 is 29.9 Å². The van der Waals surface area contributed by atoms with Gasteiger partial charge in [-0.15, -0.1) is 0 Å². The number of ether oxygens (including phenoxy) is 2. The number of hydrogen-bond acceptors (Lipinski definition) is 6. The lowest BCUT2D eigenvalue weighted by Crippen LogP contribution is -2.60. The molecule has 0 spiro atoms. The molecule has 1 saturated heterocycles. The Hall–Kier alpha value is -1.18. The van der Waals surface area contributed by atoms with Crippen molar-refractivity contribution in [2.24, 2.45) is 0 Å². The van der Waals surface area contributed by atoms with Gasteiger partial charge in [0, 0.05) is 0 Å². The summed E-state index contributed by atoms with van der Waals surface area (Å²) in [6.45, 7) is 3.62. The summed E-state index contributed by atoms with van der Waals surface area (Å²) in [7, 11) is 0. The van der Waals surface area contributed by atoms with E-state index >= 15 is 0 Å². The van der Waals surface area contributed by atoms with Gasteiger partial charge in [-0.2, -0.15) is 0 Å². The van der Waals surface area contributed by atoms with E-state index in [0.717, 1.165) is 5.56 Å². The van der Waals surface area contributed by atoms with E-state index in [0.29, 0.717) is 11.7 Å². The molecule has 2 rings (SSSR count). The third-order valence-electron chi connectivity index (χ3n) is 3.63. The van der Waals surface area contributed by atoms with Gasteiger partial charge < -0.3 is 29.9 Å². The van der Waals surface area contributed by atoms with Crippen LogP contribution in [-0.4, -0.2) is 57.7 Å². The fourth-order valence-electron chi connectivity index (χ4n) is 2.25. The minimum absolute atomic E-state index is 0.323. The van der Waals surface area contributed by atoms with Crippen molar-refractivity contribution in [3.05, 3.63) is 29.8 Å². The van der Waals surface area contributed by atoms with Gasteiger partial charge in [0.2, 0.25) is 6.29 Å². The molecule has 0 aliphatic carbocycles. The van der Waals surface area contributed by atoms with Gasteiger partial charge in [0.15, 0.2) is 0 Å². The monoisotopic (exact) mass is 298 g/mol. The number of aliphatic hydroxyl groups is 4. The van der Waals surface area contributed by atoms with E-state index in [1.165, 1.54) is 0 Å². The van der Waals surface area contributed by atoms with E-state index in [9.17, 15) is 15.3 Å². The molecule has 1 aromatic rings. The lowest BCUT2D eigenvalue weighted by molar-refractivity contribution is -0.277. The molecule has 0 unspecified atom stereocenters. The molecule has 1 aromatic carbocycles. The molecule has 21 heavy (non-hydrogen) atoms. The zero-order valence-corrected chi connectivity index (χ0v) is 12.1. The molecule has 1 fully saturated rings. The molecule has 1 heterocycles. The number of hydrogen-bond donors (Lipinski definition) is 4. The fraction of sp³-hybridized carbons (Fsp3) is 0.600. The highest BCUT2D eigenvalue weighted by Crippen LogP contribution is 2.26. The quantitative estimate of drug-likeness (QED) is 0.624. The SMILES string of the molecule is CC(C)c1cccc(O[C@H]2O[C@H](CO)[C@@H](O)[C@H](O)[C@@H]2O)c1. The Morgan fingerprint density at radius 2 is 1.86 bits per heavy atom. The van der Waals surface area contributed by atoms with E-state index in [-0.39, 0.29) is 0 Å². The van der Waals surface area contributed by atoms with E-state index in [2.05, 4.69) is 0 Å². The zero-order valence-electron chi connectivity index (χ0n) is 12.1. The third-order valence-corrected chi connectivity index (χ3v) is 3.63. The van der Waals surface area contributed by atoms with Crippen molar-refractivity contribution in [1.82, 2.24) is 0 Å². The Labute approximate surface area is 123 Å². The van der Waals surface area contributed by atoms with Crippen LogP contribution in [0, 0.1) is 0 Å². The maximum Gasteiger partial charge on any atom is 0.229 e. The first kappa shape index (κ1) is 16.2. The normalized spacial score (nSPS) is 33.2. The Balaban J connectivity index is 2.12. The van der Waals surface area contributed by atoms with Gasteiger partial charge in [-0.1, -0.05) is 26.0 Å². The minimum atomic E-state index is -1.44. The highest BCUT2D eigenvalue weighted by molar-refractivity contribution is 5.30. The van der Waals surface area contributed by atoms with Crippen molar-refractivity contribution in [2.45, 2.75) is 50.5 Å². The molecule has 1 aliphatic rings. The first-order valence-electron chi connectivity index (χ1n) is 7.01. The highest BCUT2D eigenvalue weighted by Gasteiger charge is 2.44. The van der Waals surface area contributed by atoms with Gasteiger partial charge in [-0.3, -0.25) is 0 Å². The van der Waals surface area contributed by atoms with E-state index < -0.39 is 37.3 Å². The number of aliphatic hydroxyl groups excluding tert-OH is 4. The van der Waals surface area contributed by atoms with Crippen LogP contribution in [0.3, 0.4) is 0 Å². The first-order valence-corrected chi connectivity index (χ1v) is 7.01. The number of rotatable bonds is 4. The Kier molecular flexibility index (Phi) is 5.18. The zero-order chi connectivity index (χ0) is 15.6. The van der Waals surface area contributed by atoms with Crippen LogP contribution in [0.1, 0.15) is 25.3 Å². The van der Waals surface area contributed by atoms with Gasteiger partial charge in [0.05, 0.1) is 6.61 Å². The van der Waals surface area contributed by atoms with Crippen LogP contribution < -0.4 is 4.74 Å². The van der Waals surface area contributed by atoms with Crippen LogP contribution >= 0.6 is 0 Å². The van der Waals surface area contributed by atoms with Gasteiger partial charge in [-0.25, -0.2) is 0 Å². The van der Waals surface area contributed by atoms with Crippen molar-refractivity contribution in [2.75, 3.05) is 6.61 Å². The summed E-state index contributed by atoms with van der Waals surface area (Å²) >= 11 is 0. The molecular formula is C15H22O6. The van der Waals surface area contributed by atoms with Crippen LogP contribution in [0.2, 0.25) is 0 Å². The lowest BCUT2D eigenvalue weighted by Gasteiger charge is -2.39. The molecule has 6 nitrogen and oxygen atoms in total. The molecule has 0 amide bonds. The molecule has 0 radical (unpaired) electrons. The standard InChI is InChI=1S/C15H22O6/c1-8(2)9-4-3-5-10(6-9)20-15-14(19)13(18)12(17)11(7-16)21-15/h3-6,8,11-19H,7H2,1-2H3/t11-,12-,13+,14+,15+/m1/s1. The molecule has 0 bridgehead atoms. The summed E-state index contributed by atoms with van der Waals surface area (Å²) in [5.41, 5.74) is 1.07. The van der Waals surface area contributed by atoms with Crippen molar-refractivity contribution in [1.29, 1.82) is 0 Å². The largest absolute Gasteiger partial charge is 0.462 e. The average molecular weight is 298 g/mol. The summed E-state index contributed by atoms with van der Waals surface area (Å²) in [6.07, 6.45) is -6.34. The third kappa shape index (κ3) is 3.53. The fourth-order valence-corrected chi connectivity index (χ4v) is 2.25. The second-order valence-electron chi connectivity index (χ2n) is 5.54. The smallest absolute Gasteiger partial charge is 0.229 e. The molecule has 0 saturated carbocycles. The Morgan fingerprint density at radius 3 is 2.48 bits per heavy atom. The van der Waals surface area contributed by atoms with Crippen LogP contribution in [0.5, 0.6) is 5.75 Å². The van der Waals surface area contributed by atoms with Gasteiger partial charge in [-0.05, 0) is 23.6 Å². The van der Waals surface area contributed by atoms with E-state index in [1.807, 2.05) is 32.0 Å². The summed E-state index contributed by atoms with van der Waals surface area (Å²) in [4.78, 5) is 0. The molecule has 6 heteroatoms. The second-order valence-corrected chi connectivity index (χ2v) is 5.54. The molecular weight excluding hydrogens is 276 g/mol. The number of benzene rings is 1. The van der Waals surface area contributed by atoms with Gasteiger partial charge >= 0.3 is 0 Å². The van der Waals surface area contributed by atoms with E-state index in [4.69, 9.17) is 14.6 Å². The highest BCUT2D eigenvalue weighted by atomic mass is 16.7. The molecule has 4 N–H and O–H groups in total. The summed E-state index contributed by atoms with van der Waals surface area (Å²) < 4.78 is 10.9. The molecule has 118 valence electrons. The van der Waals surface area contributed by atoms with Crippen molar-refractivity contribution in [3.8, 4) is 5.75 Å². The van der Waals surface area contributed by atoms with Crippen molar-refractivity contribution >= 4 is 0 Å². The van der Waals surface area contributed by atoms with Crippen LogP contribution in [0.25, 0.3) is 0 Å². The van der Waals surface area contributed by atoms with E-state index in [1.54, 1.807) is 6.07 Å². The predicted molar refractivity (Wildman–Crippen MR) is 74.9 cm³/mol. The van der Waals surface area contributed by atoms with Crippen LogP contribution in [-0.2, 0) is 4.74 Å².